The Morgan fingerprint density at radius 1 is 1.42 bits per heavy atom. The molecule has 1 aromatic heterocycles. The number of anilines is 1. The van der Waals surface area contributed by atoms with Crippen LogP contribution in [0.4, 0.5) is 10.6 Å². The third-order valence-electron chi connectivity index (χ3n) is 4.12. The number of nitrogens with one attached hydrogen (secondary N) is 1. The molecule has 2 amide bonds. The Kier molecular flexibility index (Phi) is 7.27. The number of ether oxygens (including phenoxy) is 1. The third-order valence-corrected chi connectivity index (χ3v) is 4.12. The van der Waals surface area contributed by atoms with E-state index in [4.69, 9.17) is 4.74 Å². The number of amides is 2. The van der Waals surface area contributed by atoms with Crippen LogP contribution in [0.15, 0.2) is 18.3 Å². The van der Waals surface area contributed by atoms with Crippen molar-refractivity contribution >= 4 is 11.8 Å². The fourth-order valence-electron chi connectivity index (χ4n) is 2.79. The Labute approximate surface area is 143 Å². The van der Waals surface area contributed by atoms with Gasteiger partial charge in [0.2, 0.25) is 0 Å². The number of nitrogens with zero attached hydrogens (tertiary/aromatic N) is 3. The number of hydrogen-bond acceptors (Lipinski definition) is 5. The monoisotopic (exact) mass is 336 g/mol. The van der Waals surface area contributed by atoms with Crippen LogP contribution in [-0.4, -0.2) is 67.5 Å². The van der Waals surface area contributed by atoms with Gasteiger partial charge in [0.05, 0.1) is 19.3 Å². The summed E-state index contributed by atoms with van der Waals surface area (Å²) in [5.41, 5.74) is 0.954. The maximum atomic E-state index is 12.0. The van der Waals surface area contributed by atoms with Gasteiger partial charge in [0.1, 0.15) is 5.82 Å². The highest BCUT2D eigenvalue weighted by molar-refractivity contribution is 5.73. The van der Waals surface area contributed by atoms with Crippen LogP contribution in [0.3, 0.4) is 0 Å². The van der Waals surface area contributed by atoms with Crippen LogP contribution < -0.4 is 10.2 Å². The predicted molar refractivity (Wildman–Crippen MR) is 93.0 cm³/mol. The van der Waals surface area contributed by atoms with Crippen LogP contribution in [0, 0.1) is 0 Å². The van der Waals surface area contributed by atoms with Crippen molar-refractivity contribution in [2.45, 2.75) is 31.9 Å². The van der Waals surface area contributed by atoms with Gasteiger partial charge in [0, 0.05) is 40.0 Å². The van der Waals surface area contributed by atoms with Crippen molar-refractivity contribution in [2.24, 2.45) is 0 Å². The van der Waals surface area contributed by atoms with Crippen LogP contribution >= 0.6 is 0 Å². The van der Waals surface area contributed by atoms with Crippen LogP contribution in [0.1, 0.15) is 24.8 Å². The third kappa shape index (κ3) is 5.65. The van der Waals surface area contributed by atoms with E-state index in [0.717, 1.165) is 24.5 Å². The molecular formula is C17H28N4O3. The normalized spacial score (nSPS) is 15.9. The molecule has 0 aliphatic carbocycles. The van der Waals surface area contributed by atoms with Crippen molar-refractivity contribution in [3.05, 3.63) is 23.9 Å². The highest BCUT2D eigenvalue weighted by atomic mass is 16.5. The minimum atomic E-state index is -0.684. The summed E-state index contributed by atoms with van der Waals surface area (Å²) in [5.74, 6) is 1.00. The molecule has 1 aliphatic heterocycles. The maximum absolute atomic E-state index is 12.0. The number of piperidine rings is 1. The summed E-state index contributed by atoms with van der Waals surface area (Å²) in [4.78, 5) is 20.3. The molecule has 2 N–H and O–H groups in total. The van der Waals surface area contributed by atoms with Crippen LogP contribution in [-0.2, 0) is 11.3 Å². The summed E-state index contributed by atoms with van der Waals surface area (Å²) in [5, 5.41) is 12.5. The average molecular weight is 336 g/mol. The smallest absolute Gasteiger partial charge is 0.317 e. The number of rotatable bonds is 7. The first-order valence-corrected chi connectivity index (χ1v) is 8.46. The first kappa shape index (κ1) is 18.5. The SMILES string of the molecule is COCC(O)CN(C)C(=O)NCc1ccc(N2CCCCC2)nc1. The Hall–Kier alpha value is -1.86. The van der Waals surface area contributed by atoms with E-state index in [0.29, 0.717) is 6.54 Å². The van der Waals surface area contributed by atoms with Gasteiger partial charge in [-0.1, -0.05) is 6.07 Å². The largest absolute Gasteiger partial charge is 0.389 e. The van der Waals surface area contributed by atoms with E-state index in [2.05, 4.69) is 15.2 Å². The first-order valence-electron chi connectivity index (χ1n) is 8.46. The quantitative estimate of drug-likeness (QED) is 0.783. The molecule has 1 saturated heterocycles. The van der Waals surface area contributed by atoms with Gasteiger partial charge in [-0.3, -0.25) is 0 Å². The van der Waals surface area contributed by atoms with Gasteiger partial charge >= 0.3 is 6.03 Å². The molecule has 0 aromatic carbocycles. The first-order chi connectivity index (χ1) is 11.6. The van der Waals surface area contributed by atoms with Gasteiger partial charge < -0.3 is 25.0 Å². The summed E-state index contributed by atoms with van der Waals surface area (Å²) < 4.78 is 4.85. The predicted octanol–water partition coefficient (Wildman–Crippen LogP) is 1.22. The second-order valence-corrected chi connectivity index (χ2v) is 6.22. The van der Waals surface area contributed by atoms with Crippen molar-refractivity contribution < 1.29 is 14.6 Å². The summed E-state index contributed by atoms with van der Waals surface area (Å²) in [6.07, 6.45) is 4.87. The highest BCUT2D eigenvalue weighted by Gasteiger charge is 2.14. The number of aliphatic hydroxyl groups excluding tert-OH is 1. The summed E-state index contributed by atoms with van der Waals surface area (Å²) >= 11 is 0. The molecular weight excluding hydrogens is 308 g/mol. The molecule has 1 aromatic rings. The Bertz CT molecular complexity index is 503. The lowest BCUT2D eigenvalue weighted by Gasteiger charge is -2.27. The highest BCUT2D eigenvalue weighted by Crippen LogP contribution is 2.17. The van der Waals surface area contributed by atoms with Crippen LogP contribution in [0.2, 0.25) is 0 Å². The number of methoxy groups -OCH3 is 1. The van der Waals surface area contributed by atoms with E-state index in [1.165, 1.54) is 31.3 Å². The standard InChI is InChI=1S/C17H28N4O3/c1-20(12-15(22)13-24-2)17(23)19-11-14-6-7-16(18-10-14)21-8-4-3-5-9-21/h6-7,10,15,22H,3-5,8-9,11-13H2,1-2H3,(H,19,23). The number of hydrogen-bond donors (Lipinski definition) is 2. The minimum absolute atomic E-state index is 0.208. The van der Waals surface area contributed by atoms with Gasteiger partial charge in [-0.25, -0.2) is 9.78 Å². The fraction of sp³-hybridized carbons (Fsp3) is 0.647. The number of aromatic nitrogens is 1. The van der Waals surface area contributed by atoms with Crippen molar-refractivity contribution in [2.75, 3.05) is 45.3 Å². The topological polar surface area (TPSA) is 77.9 Å². The molecule has 0 bridgehead atoms. The summed E-state index contributed by atoms with van der Waals surface area (Å²) in [6, 6.07) is 3.78. The van der Waals surface area contributed by atoms with Crippen molar-refractivity contribution in [1.82, 2.24) is 15.2 Å². The van der Waals surface area contributed by atoms with E-state index in [1.54, 1.807) is 7.05 Å². The van der Waals surface area contributed by atoms with Gasteiger partial charge in [0.25, 0.3) is 0 Å². The number of urea groups is 1. The van der Waals surface area contributed by atoms with E-state index >= 15 is 0 Å². The molecule has 0 saturated carbocycles. The number of likely N-dealkylation sites (N-methyl/N-ethyl adjacent to an activating group) is 1. The molecule has 1 atom stereocenters. The minimum Gasteiger partial charge on any atom is -0.389 e. The molecule has 1 fully saturated rings. The zero-order valence-corrected chi connectivity index (χ0v) is 14.6. The summed E-state index contributed by atoms with van der Waals surface area (Å²) in [7, 11) is 3.16. The molecule has 0 spiro atoms. The lowest BCUT2D eigenvalue weighted by Crippen LogP contribution is -2.42. The number of carbonyl (C=O) groups is 1. The fourth-order valence-corrected chi connectivity index (χ4v) is 2.79. The van der Waals surface area contributed by atoms with Crippen molar-refractivity contribution in [3.63, 3.8) is 0 Å². The lowest BCUT2D eigenvalue weighted by molar-refractivity contribution is 0.0489. The van der Waals surface area contributed by atoms with Gasteiger partial charge in [0.15, 0.2) is 0 Å². The zero-order valence-electron chi connectivity index (χ0n) is 14.6. The summed E-state index contributed by atoms with van der Waals surface area (Å²) in [6.45, 7) is 2.98. The maximum Gasteiger partial charge on any atom is 0.317 e. The Morgan fingerprint density at radius 2 is 2.17 bits per heavy atom. The lowest BCUT2D eigenvalue weighted by atomic mass is 10.1. The molecule has 0 radical (unpaired) electrons. The van der Waals surface area contributed by atoms with Gasteiger partial charge in [-0.15, -0.1) is 0 Å². The molecule has 1 unspecified atom stereocenters. The second kappa shape index (κ2) is 9.44. The molecule has 134 valence electrons. The van der Waals surface area contributed by atoms with Crippen LogP contribution in [0.25, 0.3) is 0 Å². The molecule has 2 rings (SSSR count). The van der Waals surface area contributed by atoms with E-state index in [1.807, 2.05) is 18.3 Å². The van der Waals surface area contributed by atoms with E-state index in [-0.39, 0.29) is 19.2 Å². The molecule has 1 aliphatic rings. The molecule has 7 nitrogen and oxygen atoms in total. The molecule has 24 heavy (non-hydrogen) atoms. The van der Waals surface area contributed by atoms with Gasteiger partial charge in [-0.2, -0.15) is 0 Å². The second-order valence-electron chi connectivity index (χ2n) is 6.22. The van der Waals surface area contributed by atoms with Crippen molar-refractivity contribution in [1.29, 1.82) is 0 Å². The number of carbonyl (C=O) groups excluding carboxylic acids is 1. The number of aliphatic hydroxyl groups is 1. The van der Waals surface area contributed by atoms with E-state index in [9.17, 15) is 9.90 Å². The Morgan fingerprint density at radius 3 is 2.79 bits per heavy atom. The molecule has 7 heteroatoms. The Balaban J connectivity index is 1.78. The molecule has 2 heterocycles. The van der Waals surface area contributed by atoms with Crippen LogP contribution in [0.5, 0.6) is 0 Å². The van der Waals surface area contributed by atoms with Gasteiger partial charge in [-0.05, 0) is 30.9 Å². The average Bonchev–Trinajstić information content (AvgIpc) is 2.61. The zero-order chi connectivity index (χ0) is 17.4. The number of pyridine rings is 1. The van der Waals surface area contributed by atoms with Crippen molar-refractivity contribution in [3.8, 4) is 0 Å². The van der Waals surface area contributed by atoms with E-state index < -0.39 is 6.10 Å².